The number of aromatic nitrogens is 5. The number of ether oxygens (including phenoxy) is 1. The molecule has 2 aromatic rings. The van der Waals surface area contributed by atoms with E-state index >= 15 is 0 Å². The van der Waals surface area contributed by atoms with E-state index in [0.717, 1.165) is 17.8 Å². The predicted molar refractivity (Wildman–Crippen MR) is 80.4 cm³/mol. The van der Waals surface area contributed by atoms with E-state index in [9.17, 15) is 4.79 Å². The number of aryl methyl sites for hydroxylation is 2. The second-order valence-electron chi connectivity index (χ2n) is 6.32. The van der Waals surface area contributed by atoms with Crippen molar-refractivity contribution in [2.24, 2.45) is 13.0 Å². The Labute approximate surface area is 133 Å². The molecule has 1 saturated carbocycles. The van der Waals surface area contributed by atoms with E-state index in [1.165, 1.54) is 0 Å². The summed E-state index contributed by atoms with van der Waals surface area (Å²) in [4.78, 5) is 18.9. The van der Waals surface area contributed by atoms with Crippen LogP contribution in [0, 0.1) is 12.8 Å². The summed E-state index contributed by atoms with van der Waals surface area (Å²) in [7, 11) is 1.90. The molecule has 2 aliphatic rings. The van der Waals surface area contributed by atoms with Crippen molar-refractivity contribution in [3.8, 4) is 0 Å². The average molecular weight is 316 g/mol. The smallest absolute Gasteiger partial charge is 0.226 e. The fourth-order valence-corrected chi connectivity index (χ4v) is 3.21. The van der Waals surface area contributed by atoms with Gasteiger partial charge in [0.1, 0.15) is 11.9 Å². The molecule has 0 unspecified atom stereocenters. The highest BCUT2D eigenvalue weighted by molar-refractivity contribution is 5.83. The number of aromatic amines is 1. The minimum atomic E-state index is -0.242. The molecule has 3 atom stereocenters. The average Bonchev–Trinajstić information content (AvgIpc) is 3.04. The highest BCUT2D eigenvalue weighted by Gasteiger charge is 2.47. The van der Waals surface area contributed by atoms with Crippen LogP contribution in [0.4, 0.5) is 0 Å². The zero-order valence-electron chi connectivity index (χ0n) is 13.3. The monoisotopic (exact) mass is 316 g/mol. The number of H-pyrrole nitrogens is 1. The highest BCUT2D eigenvalue weighted by atomic mass is 16.5. The third-order valence-corrected chi connectivity index (χ3v) is 4.54. The van der Waals surface area contributed by atoms with Crippen molar-refractivity contribution in [1.29, 1.82) is 0 Å². The lowest BCUT2D eigenvalue weighted by atomic mass is 10.1. The molecular formula is C15H20N6O2. The van der Waals surface area contributed by atoms with Gasteiger partial charge in [0.15, 0.2) is 5.82 Å². The number of hydrogen-bond donors (Lipinski definition) is 1. The molecule has 8 heteroatoms. The molecular weight excluding hydrogens is 296 g/mol. The molecule has 2 fully saturated rings. The molecule has 4 rings (SSSR count). The van der Waals surface area contributed by atoms with Crippen LogP contribution in [0.3, 0.4) is 0 Å². The lowest BCUT2D eigenvalue weighted by Gasteiger charge is -2.31. The van der Waals surface area contributed by atoms with Crippen LogP contribution in [0.2, 0.25) is 0 Å². The van der Waals surface area contributed by atoms with Gasteiger partial charge in [0.25, 0.3) is 0 Å². The molecule has 1 N–H and O–H groups in total. The van der Waals surface area contributed by atoms with Crippen LogP contribution in [0.5, 0.6) is 0 Å². The van der Waals surface area contributed by atoms with Gasteiger partial charge in [-0.15, -0.1) is 0 Å². The third-order valence-electron chi connectivity index (χ3n) is 4.54. The summed E-state index contributed by atoms with van der Waals surface area (Å²) in [5.74, 6) is 1.97. The number of amides is 1. The van der Waals surface area contributed by atoms with Crippen LogP contribution in [-0.4, -0.2) is 55.5 Å². The second-order valence-corrected chi connectivity index (χ2v) is 6.32. The number of carbonyl (C=O) groups is 1. The number of nitrogens with zero attached hydrogens (tertiary/aromatic N) is 5. The van der Waals surface area contributed by atoms with Crippen molar-refractivity contribution in [2.45, 2.75) is 25.4 Å². The topological polar surface area (TPSA) is 88.9 Å². The summed E-state index contributed by atoms with van der Waals surface area (Å²) in [5.41, 5.74) is 1.15. The third kappa shape index (κ3) is 2.74. The quantitative estimate of drug-likeness (QED) is 0.893. The first-order valence-corrected chi connectivity index (χ1v) is 7.89. The molecule has 1 aliphatic heterocycles. The fourth-order valence-electron chi connectivity index (χ4n) is 3.21. The molecule has 0 radical (unpaired) electrons. The molecule has 23 heavy (non-hydrogen) atoms. The Morgan fingerprint density at radius 1 is 1.48 bits per heavy atom. The Morgan fingerprint density at radius 3 is 3.04 bits per heavy atom. The van der Waals surface area contributed by atoms with Gasteiger partial charge < -0.3 is 9.64 Å². The summed E-state index contributed by atoms with van der Waals surface area (Å²) in [6.07, 6.45) is 4.52. The zero-order valence-corrected chi connectivity index (χ0v) is 13.3. The zero-order chi connectivity index (χ0) is 16.0. The van der Waals surface area contributed by atoms with E-state index < -0.39 is 0 Å². The Morgan fingerprint density at radius 2 is 2.35 bits per heavy atom. The highest BCUT2D eigenvalue weighted by Crippen LogP contribution is 2.48. The van der Waals surface area contributed by atoms with Crippen molar-refractivity contribution in [1.82, 2.24) is 29.9 Å². The molecule has 122 valence electrons. The lowest BCUT2D eigenvalue weighted by molar-refractivity contribution is -0.140. The second kappa shape index (κ2) is 5.45. The number of nitrogens with one attached hydrogen (secondary N) is 1. The summed E-state index contributed by atoms with van der Waals surface area (Å²) < 4.78 is 7.50. The van der Waals surface area contributed by atoms with Gasteiger partial charge in [-0.2, -0.15) is 10.2 Å². The van der Waals surface area contributed by atoms with Crippen molar-refractivity contribution in [3.05, 3.63) is 29.6 Å². The maximum atomic E-state index is 12.7. The van der Waals surface area contributed by atoms with Crippen LogP contribution in [0.25, 0.3) is 0 Å². The number of morpholine rings is 1. The van der Waals surface area contributed by atoms with E-state index in [0.29, 0.717) is 31.4 Å². The van der Waals surface area contributed by atoms with Gasteiger partial charge in [-0.3, -0.25) is 14.6 Å². The Bertz CT molecular complexity index is 723. The van der Waals surface area contributed by atoms with Gasteiger partial charge in [-0.05, 0) is 24.8 Å². The Hall–Kier alpha value is -2.22. The first-order chi connectivity index (χ1) is 11.1. The number of rotatable bonds is 3. The minimum absolute atomic E-state index is 0.0758. The lowest BCUT2D eigenvalue weighted by Crippen LogP contribution is -2.43. The van der Waals surface area contributed by atoms with E-state index in [1.54, 1.807) is 4.68 Å². The summed E-state index contributed by atoms with van der Waals surface area (Å²) in [5, 5.41) is 11.2. The van der Waals surface area contributed by atoms with Gasteiger partial charge in [-0.1, -0.05) is 0 Å². The van der Waals surface area contributed by atoms with Gasteiger partial charge in [0.05, 0.1) is 19.3 Å². The molecule has 1 saturated heterocycles. The Balaban J connectivity index is 1.41. The number of carbonyl (C=O) groups excluding carboxylic acids is 1. The Kier molecular flexibility index (Phi) is 3.41. The molecule has 1 amide bonds. The van der Waals surface area contributed by atoms with Gasteiger partial charge >= 0.3 is 0 Å². The summed E-state index contributed by atoms with van der Waals surface area (Å²) >= 11 is 0. The molecule has 2 aromatic heterocycles. The fraction of sp³-hybridized carbons (Fsp3) is 0.600. The van der Waals surface area contributed by atoms with E-state index in [-0.39, 0.29) is 17.9 Å². The molecule has 0 aromatic carbocycles. The van der Waals surface area contributed by atoms with Gasteiger partial charge in [-0.25, -0.2) is 4.98 Å². The molecule has 8 nitrogen and oxygen atoms in total. The number of hydrogen-bond acceptors (Lipinski definition) is 5. The normalized spacial score (nSPS) is 27.2. The first-order valence-electron chi connectivity index (χ1n) is 7.89. The van der Waals surface area contributed by atoms with Crippen LogP contribution in [0.1, 0.15) is 35.7 Å². The van der Waals surface area contributed by atoms with Crippen LogP contribution >= 0.6 is 0 Å². The van der Waals surface area contributed by atoms with E-state index in [2.05, 4.69) is 20.3 Å². The van der Waals surface area contributed by atoms with E-state index in [4.69, 9.17) is 4.74 Å². The molecule has 1 aliphatic carbocycles. The van der Waals surface area contributed by atoms with Gasteiger partial charge in [0, 0.05) is 25.7 Å². The maximum absolute atomic E-state index is 12.7. The first kappa shape index (κ1) is 14.4. The SMILES string of the molecule is Cc1nc([C@@H]2CN(C(=O)[C@H]3C[C@H]3c3cnn(C)c3)CCO2)n[nH]1. The van der Waals surface area contributed by atoms with Gasteiger partial charge in [0.2, 0.25) is 5.91 Å². The molecule has 0 spiro atoms. The van der Waals surface area contributed by atoms with Crippen LogP contribution < -0.4 is 0 Å². The summed E-state index contributed by atoms with van der Waals surface area (Å²) in [6, 6.07) is 0. The van der Waals surface area contributed by atoms with Crippen molar-refractivity contribution < 1.29 is 9.53 Å². The maximum Gasteiger partial charge on any atom is 0.226 e. The largest absolute Gasteiger partial charge is 0.366 e. The standard InChI is InChI=1S/C15H20N6O2/c1-9-17-14(19-18-9)13-8-21(3-4-23-13)15(22)12-5-11(12)10-6-16-20(2)7-10/h6-7,11-13H,3-5,8H2,1-2H3,(H,17,18,19)/t11-,12-,13-/m0/s1. The predicted octanol–water partition coefficient (Wildman–Crippen LogP) is 0.550. The molecule has 3 heterocycles. The van der Waals surface area contributed by atoms with Crippen LogP contribution in [0.15, 0.2) is 12.4 Å². The van der Waals surface area contributed by atoms with Crippen LogP contribution in [-0.2, 0) is 16.6 Å². The summed E-state index contributed by atoms with van der Waals surface area (Å²) in [6.45, 7) is 3.53. The van der Waals surface area contributed by atoms with E-state index in [1.807, 2.05) is 31.3 Å². The van der Waals surface area contributed by atoms with Crippen molar-refractivity contribution >= 4 is 5.91 Å². The van der Waals surface area contributed by atoms with Crippen molar-refractivity contribution in [3.63, 3.8) is 0 Å². The minimum Gasteiger partial charge on any atom is -0.366 e. The molecule has 0 bridgehead atoms. The van der Waals surface area contributed by atoms with Crippen molar-refractivity contribution in [2.75, 3.05) is 19.7 Å².